The van der Waals surface area contributed by atoms with Crippen LogP contribution in [-0.2, 0) is 16.6 Å². The largest absolute Gasteiger partial charge is 0.486 e. The first-order chi connectivity index (χ1) is 16.3. The normalized spacial score (nSPS) is 20.2. The topological polar surface area (TPSA) is 95.4 Å². The Bertz CT molecular complexity index is 1250. The van der Waals surface area contributed by atoms with Gasteiger partial charge in [0.2, 0.25) is 5.91 Å². The van der Waals surface area contributed by atoms with E-state index in [4.69, 9.17) is 9.47 Å². The number of pyridine rings is 1. The summed E-state index contributed by atoms with van der Waals surface area (Å²) in [5.74, 6) is 1.69. The lowest BCUT2D eigenvalue weighted by Gasteiger charge is -2.46. The summed E-state index contributed by atoms with van der Waals surface area (Å²) in [4.78, 5) is 30.5. The van der Waals surface area contributed by atoms with Gasteiger partial charge in [0.25, 0.3) is 5.56 Å². The lowest BCUT2D eigenvalue weighted by Crippen LogP contribution is -2.48. The molecule has 1 saturated carbocycles. The Morgan fingerprint density at radius 1 is 1.21 bits per heavy atom. The van der Waals surface area contributed by atoms with E-state index in [1.165, 1.54) is 5.56 Å². The Balaban J connectivity index is 1.45. The zero-order valence-electron chi connectivity index (χ0n) is 20.1. The maximum absolute atomic E-state index is 13.6. The zero-order chi connectivity index (χ0) is 24.0. The number of aromatic amines is 1. The van der Waals surface area contributed by atoms with Crippen LogP contribution in [0.5, 0.6) is 11.5 Å². The van der Waals surface area contributed by atoms with Crippen LogP contribution in [-0.4, -0.2) is 35.5 Å². The number of benzene rings is 1. The summed E-state index contributed by atoms with van der Waals surface area (Å²) in [6.07, 6.45) is 5.29. The number of nitrogens with zero attached hydrogens (tertiary/aromatic N) is 2. The fraction of sp³-hybridized carbons (Fsp3) is 0.519. The first-order valence-electron chi connectivity index (χ1n) is 12.2. The summed E-state index contributed by atoms with van der Waals surface area (Å²) in [5, 5.41) is 9.36. The molecular formula is C27H31N3O4. The molecule has 1 aromatic carbocycles. The first kappa shape index (κ1) is 22.5. The van der Waals surface area contributed by atoms with Crippen LogP contribution in [0.2, 0.25) is 0 Å². The van der Waals surface area contributed by atoms with Gasteiger partial charge in [-0.2, -0.15) is 5.26 Å². The molecule has 34 heavy (non-hydrogen) atoms. The Morgan fingerprint density at radius 3 is 2.56 bits per heavy atom. The number of rotatable bonds is 3. The fourth-order valence-electron chi connectivity index (χ4n) is 6.20. The highest BCUT2D eigenvalue weighted by molar-refractivity contribution is 5.78. The van der Waals surface area contributed by atoms with E-state index in [0.29, 0.717) is 38.2 Å². The number of carbonyl (C=O) groups is 1. The molecule has 1 atom stereocenters. The van der Waals surface area contributed by atoms with E-state index in [9.17, 15) is 14.9 Å². The standard InChI is InChI=1S/C27H31N3O4/c1-16-19(17(2)29-26(32)21(16)14-28)6-7-25(31)30-15-27(8-4-5-9-27)22-13-24-23(33-10-11-34-24)12-20(22)18(30)3/h12-13,18H,4-11,15H2,1-3H3,(H,29,32)/t18-/m1/s1. The molecule has 1 amide bonds. The van der Waals surface area contributed by atoms with Crippen LogP contribution in [0.4, 0.5) is 0 Å². The molecule has 5 rings (SSSR count). The molecule has 1 N–H and O–H groups in total. The number of carbonyl (C=O) groups excluding carboxylic acids is 1. The van der Waals surface area contributed by atoms with Crippen molar-refractivity contribution in [1.29, 1.82) is 5.26 Å². The number of fused-ring (bicyclic) bond motifs is 3. The van der Waals surface area contributed by atoms with E-state index in [0.717, 1.165) is 54.0 Å². The third-order valence-corrected chi connectivity index (χ3v) is 8.07. The lowest BCUT2D eigenvalue weighted by molar-refractivity contribution is -0.135. The van der Waals surface area contributed by atoms with Crippen molar-refractivity contribution in [1.82, 2.24) is 9.88 Å². The predicted molar refractivity (Wildman–Crippen MR) is 127 cm³/mol. The highest BCUT2D eigenvalue weighted by Crippen LogP contribution is 2.52. The van der Waals surface area contributed by atoms with Gasteiger partial charge in [-0.3, -0.25) is 9.59 Å². The van der Waals surface area contributed by atoms with Gasteiger partial charge in [0.15, 0.2) is 11.5 Å². The molecule has 1 spiro atoms. The van der Waals surface area contributed by atoms with E-state index in [1.54, 1.807) is 6.92 Å². The second-order valence-electron chi connectivity index (χ2n) is 9.94. The average Bonchev–Trinajstić information content (AvgIpc) is 3.29. The highest BCUT2D eigenvalue weighted by Gasteiger charge is 2.46. The van der Waals surface area contributed by atoms with Gasteiger partial charge in [0.1, 0.15) is 24.8 Å². The van der Waals surface area contributed by atoms with Crippen molar-refractivity contribution in [2.75, 3.05) is 19.8 Å². The summed E-state index contributed by atoms with van der Waals surface area (Å²) in [6.45, 7) is 7.53. The lowest BCUT2D eigenvalue weighted by atomic mass is 9.71. The molecule has 2 aromatic rings. The summed E-state index contributed by atoms with van der Waals surface area (Å²) in [6, 6.07) is 6.20. The predicted octanol–water partition coefficient (Wildman–Crippen LogP) is 3.98. The van der Waals surface area contributed by atoms with Crippen molar-refractivity contribution in [3.05, 3.63) is 56.0 Å². The van der Waals surface area contributed by atoms with Gasteiger partial charge in [-0.05, 0) is 74.4 Å². The molecule has 178 valence electrons. The number of H-pyrrole nitrogens is 1. The van der Waals surface area contributed by atoms with Gasteiger partial charge in [0.05, 0.1) is 6.04 Å². The molecular weight excluding hydrogens is 430 g/mol. The number of hydrogen-bond acceptors (Lipinski definition) is 5. The molecule has 1 fully saturated rings. The monoisotopic (exact) mass is 461 g/mol. The van der Waals surface area contributed by atoms with Crippen LogP contribution in [0, 0.1) is 25.2 Å². The van der Waals surface area contributed by atoms with E-state index >= 15 is 0 Å². The maximum atomic E-state index is 13.6. The minimum atomic E-state index is -0.369. The van der Waals surface area contributed by atoms with E-state index in [1.807, 2.05) is 17.9 Å². The van der Waals surface area contributed by atoms with Crippen LogP contribution in [0.1, 0.15) is 78.6 Å². The number of aryl methyl sites for hydroxylation is 1. The molecule has 0 saturated heterocycles. The Morgan fingerprint density at radius 2 is 1.88 bits per heavy atom. The Labute approximate surface area is 199 Å². The molecule has 0 radical (unpaired) electrons. The number of ether oxygens (including phenoxy) is 2. The van der Waals surface area contributed by atoms with Crippen LogP contribution in [0.3, 0.4) is 0 Å². The minimum absolute atomic E-state index is 0.0366. The van der Waals surface area contributed by atoms with Crippen LogP contribution in [0.15, 0.2) is 16.9 Å². The minimum Gasteiger partial charge on any atom is -0.486 e. The molecule has 2 aliphatic heterocycles. The third kappa shape index (κ3) is 3.56. The first-order valence-corrected chi connectivity index (χ1v) is 12.2. The van der Waals surface area contributed by atoms with Crippen molar-refractivity contribution in [3.63, 3.8) is 0 Å². The van der Waals surface area contributed by atoms with Crippen molar-refractivity contribution in [2.45, 2.75) is 70.8 Å². The molecule has 3 heterocycles. The van der Waals surface area contributed by atoms with Crippen LogP contribution < -0.4 is 15.0 Å². The molecule has 7 heteroatoms. The second-order valence-corrected chi connectivity index (χ2v) is 9.94. The molecule has 3 aliphatic rings. The van der Waals surface area contributed by atoms with Crippen molar-refractivity contribution >= 4 is 5.91 Å². The average molecular weight is 462 g/mol. The van der Waals surface area contributed by atoms with Gasteiger partial charge < -0.3 is 19.4 Å². The van der Waals surface area contributed by atoms with Crippen LogP contribution >= 0.6 is 0 Å². The third-order valence-electron chi connectivity index (χ3n) is 8.07. The number of amides is 1. The van der Waals surface area contributed by atoms with Crippen molar-refractivity contribution in [3.8, 4) is 17.6 Å². The molecule has 1 aliphatic carbocycles. The summed E-state index contributed by atoms with van der Waals surface area (Å²) in [7, 11) is 0. The van der Waals surface area contributed by atoms with Gasteiger partial charge in [-0.15, -0.1) is 0 Å². The van der Waals surface area contributed by atoms with E-state index < -0.39 is 0 Å². The van der Waals surface area contributed by atoms with Crippen molar-refractivity contribution in [2.24, 2.45) is 0 Å². The summed E-state index contributed by atoms with van der Waals surface area (Å²) >= 11 is 0. The van der Waals surface area contributed by atoms with Crippen LogP contribution in [0.25, 0.3) is 0 Å². The Hall–Kier alpha value is -3.27. The quantitative estimate of drug-likeness (QED) is 0.746. The molecule has 0 bridgehead atoms. The van der Waals surface area contributed by atoms with E-state index in [2.05, 4.69) is 24.0 Å². The highest BCUT2D eigenvalue weighted by atomic mass is 16.6. The molecule has 1 aromatic heterocycles. The Kier molecular flexibility index (Phi) is 5.63. The summed E-state index contributed by atoms with van der Waals surface area (Å²) < 4.78 is 11.7. The van der Waals surface area contributed by atoms with Gasteiger partial charge in [0, 0.05) is 24.1 Å². The SMILES string of the molecule is Cc1[nH]c(=O)c(C#N)c(C)c1CCC(=O)N1CC2(CCCC2)c2cc3c(cc2[C@H]1C)OCCO3. The molecule has 7 nitrogen and oxygen atoms in total. The number of aromatic nitrogens is 1. The second kappa shape index (κ2) is 8.50. The van der Waals surface area contributed by atoms with E-state index in [-0.39, 0.29) is 28.5 Å². The fourth-order valence-corrected chi connectivity index (χ4v) is 6.20. The maximum Gasteiger partial charge on any atom is 0.266 e. The molecule has 0 unspecified atom stereocenters. The number of hydrogen-bond donors (Lipinski definition) is 1. The van der Waals surface area contributed by atoms with Gasteiger partial charge >= 0.3 is 0 Å². The summed E-state index contributed by atoms with van der Waals surface area (Å²) in [5.41, 5.74) is 4.48. The van der Waals surface area contributed by atoms with Gasteiger partial charge in [-0.25, -0.2) is 0 Å². The van der Waals surface area contributed by atoms with Gasteiger partial charge in [-0.1, -0.05) is 12.8 Å². The zero-order valence-corrected chi connectivity index (χ0v) is 20.1. The number of nitrogens with one attached hydrogen (secondary N) is 1. The van der Waals surface area contributed by atoms with Crippen molar-refractivity contribution < 1.29 is 14.3 Å². The smallest absolute Gasteiger partial charge is 0.266 e. The number of nitriles is 1.